The zero-order chi connectivity index (χ0) is 18.4. The molecule has 0 aliphatic carbocycles. The molecule has 0 aliphatic heterocycles. The molecule has 2 aromatic heterocycles. The zero-order valence-electron chi connectivity index (χ0n) is 13.8. The fourth-order valence-corrected chi connectivity index (χ4v) is 2.86. The Bertz CT molecular complexity index is 885. The Hall–Kier alpha value is -2.49. The molecule has 3 rings (SSSR count). The number of nitrogens with one attached hydrogen (secondary N) is 2. The molecule has 26 heavy (non-hydrogen) atoms. The SMILES string of the molecule is O=C(NCCCn1ccnc1)c1ccncc1Nc1ccc(I)cc1F. The van der Waals surface area contributed by atoms with Crippen LogP contribution in [-0.2, 0) is 6.54 Å². The molecule has 0 radical (unpaired) electrons. The van der Waals surface area contributed by atoms with Crippen molar-refractivity contribution in [3.63, 3.8) is 0 Å². The van der Waals surface area contributed by atoms with Crippen molar-refractivity contribution in [2.75, 3.05) is 11.9 Å². The molecule has 0 saturated heterocycles. The predicted molar refractivity (Wildman–Crippen MR) is 106 cm³/mol. The smallest absolute Gasteiger partial charge is 0.253 e. The summed E-state index contributed by atoms with van der Waals surface area (Å²) in [6.07, 6.45) is 9.16. The van der Waals surface area contributed by atoms with E-state index in [1.165, 1.54) is 18.5 Å². The van der Waals surface area contributed by atoms with E-state index in [2.05, 4.69) is 20.6 Å². The number of aryl methyl sites for hydroxylation is 1. The molecule has 2 heterocycles. The van der Waals surface area contributed by atoms with Crippen LogP contribution in [0, 0.1) is 9.39 Å². The van der Waals surface area contributed by atoms with Crippen molar-refractivity contribution in [1.29, 1.82) is 0 Å². The van der Waals surface area contributed by atoms with Gasteiger partial charge in [-0.25, -0.2) is 9.37 Å². The number of hydrogen-bond acceptors (Lipinski definition) is 4. The summed E-state index contributed by atoms with van der Waals surface area (Å²) in [6.45, 7) is 1.30. The number of carbonyl (C=O) groups is 1. The third-order valence-corrected chi connectivity index (χ3v) is 4.37. The molecule has 0 aliphatic rings. The quantitative estimate of drug-likeness (QED) is 0.414. The second kappa shape index (κ2) is 8.75. The van der Waals surface area contributed by atoms with Gasteiger partial charge in [-0.2, -0.15) is 0 Å². The van der Waals surface area contributed by atoms with E-state index in [0.717, 1.165) is 16.5 Å². The molecule has 2 N–H and O–H groups in total. The summed E-state index contributed by atoms with van der Waals surface area (Å²) in [4.78, 5) is 20.5. The number of imidazole rings is 1. The molecule has 0 spiro atoms. The molecule has 0 unspecified atom stereocenters. The third kappa shape index (κ3) is 4.78. The van der Waals surface area contributed by atoms with Crippen LogP contribution in [0.3, 0.4) is 0 Å². The first-order valence-corrected chi connectivity index (χ1v) is 9.11. The number of hydrogen-bond donors (Lipinski definition) is 2. The van der Waals surface area contributed by atoms with Crippen molar-refractivity contribution >= 4 is 39.9 Å². The molecular weight excluding hydrogens is 448 g/mol. The summed E-state index contributed by atoms with van der Waals surface area (Å²) in [5.41, 5.74) is 1.17. The summed E-state index contributed by atoms with van der Waals surface area (Å²) in [6, 6.07) is 6.46. The van der Waals surface area contributed by atoms with E-state index in [-0.39, 0.29) is 11.7 Å². The second-order valence-corrected chi connectivity index (χ2v) is 6.83. The molecule has 134 valence electrons. The lowest BCUT2D eigenvalue weighted by Gasteiger charge is -2.12. The Morgan fingerprint density at radius 3 is 2.85 bits per heavy atom. The van der Waals surface area contributed by atoms with Crippen molar-refractivity contribution in [2.24, 2.45) is 0 Å². The van der Waals surface area contributed by atoms with Crippen molar-refractivity contribution in [3.8, 4) is 0 Å². The standard InChI is InChI=1S/C18H17FIN5O/c19-15-10-13(20)2-3-16(15)24-17-11-21-6-4-14(17)18(26)23-5-1-8-25-9-7-22-12-25/h2-4,6-7,9-12,24H,1,5,8H2,(H,23,26). The fourth-order valence-electron chi connectivity index (χ4n) is 2.41. The van der Waals surface area contributed by atoms with E-state index in [0.29, 0.717) is 23.5 Å². The van der Waals surface area contributed by atoms with E-state index in [9.17, 15) is 9.18 Å². The zero-order valence-corrected chi connectivity index (χ0v) is 16.0. The average molecular weight is 465 g/mol. The maximum Gasteiger partial charge on any atom is 0.253 e. The van der Waals surface area contributed by atoms with Gasteiger partial charge in [0.15, 0.2) is 0 Å². The molecule has 6 nitrogen and oxygen atoms in total. The Kier molecular flexibility index (Phi) is 6.16. The van der Waals surface area contributed by atoms with Gasteiger partial charge in [0, 0.05) is 35.3 Å². The van der Waals surface area contributed by atoms with E-state index >= 15 is 0 Å². The summed E-state index contributed by atoms with van der Waals surface area (Å²) >= 11 is 2.04. The minimum Gasteiger partial charge on any atom is -0.352 e. The average Bonchev–Trinajstić information content (AvgIpc) is 3.15. The number of rotatable bonds is 7. The minimum absolute atomic E-state index is 0.230. The Morgan fingerprint density at radius 1 is 1.19 bits per heavy atom. The topological polar surface area (TPSA) is 71.8 Å². The predicted octanol–water partition coefficient (Wildman–Crippen LogP) is 3.59. The van der Waals surface area contributed by atoms with Gasteiger partial charge < -0.3 is 15.2 Å². The Labute approximate surface area is 164 Å². The van der Waals surface area contributed by atoms with E-state index < -0.39 is 0 Å². The highest BCUT2D eigenvalue weighted by Gasteiger charge is 2.13. The first-order valence-electron chi connectivity index (χ1n) is 8.03. The van der Waals surface area contributed by atoms with Gasteiger partial charge in [0.05, 0.1) is 29.5 Å². The number of aromatic nitrogens is 3. The first-order chi connectivity index (χ1) is 12.6. The number of anilines is 2. The number of carbonyl (C=O) groups excluding carboxylic acids is 1. The maximum absolute atomic E-state index is 14.1. The number of halogens is 2. The molecule has 8 heteroatoms. The number of benzene rings is 1. The summed E-state index contributed by atoms with van der Waals surface area (Å²) in [5.74, 6) is -0.612. The van der Waals surface area contributed by atoms with Gasteiger partial charge in [0.1, 0.15) is 5.82 Å². The van der Waals surface area contributed by atoms with Crippen molar-refractivity contribution in [3.05, 3.63) is 70.3 Å². The monoisotopic (exact) mass is 465 g/mol. The largest absolute Gasteiger partial charge is 0.352 e. The number of nitrogens with zero attached hydrogens (tertiary/aromatic N) is 3. The van der Waals surface area contributed by atoms with Crippen LogP contribution < -0.4 is 10.6 Å². The third-order valence-electron chi connectivity index (χ3n) is 3.70. The van der Waals surface area contributed by atoms with Crippen LogP contribution >= 0.6 is 22.6 Å². The van der Waals surface area contributed by atoms with Gasteiger partial charge in [-0.05, 0) is 53.3 Å². The Balaban J connectivity index is 1.63. The van der Waals surface area contributed by atoms with Crippen LogP contribution in [0.4, 0.5) is 15.8 Å². The number of amides is 1. The van der Waals surface area contributed by atoms with E-state index in [1.54, 1.807) is 30.7 Å². The van der Waals surface area contributed by atoms with Crippen molar-refractivity contribution in [2.45, 2.75) is 13.0 Å². The molecule has 0 fully saturated rings. The van der Waals surface area contributed by atoms with Crippen LogP contribution in [0.25, 0.3) is 0 Å². The van der Waals surface area contributed by atoms with Crippen molar-refractivity contribution in [1.82, 2.24) is 19.9 Å². The van der Waals surface area contributed by atoms with Crippen molar-refractivity contribution < 1.29 is 9.18 Å². The van der Waals surface area contributed by atoms with Crippen LogP contribution in [0.1, 0.15) is 16.8 Å². The highest BCUT2D eigenvalue weighted by molar-refractivity contribution is 14.1. The molecule has 0 bridgehead atoms. The van der Waals surface area contributed by atoms with Crippen LogP contribution in [0.15, 0.2) is 55.4 Å². The highest BCUT2D eigenvalue weighted by Crippen LogP contribution is 2.23. The molecular formula is C18H17FIN5O. The van der Waals surface area contributed by atoms with Gasteiger partial charge in [-0.15, -0.1) is 0 Å². The normalized spacial score (nSPS) is 10.5. The van der Waals surface area contributed by atoms with Gasteiger partial charge in [-0.3, -0.25) is 9.78 Å². The number of pyridine rings is 1. The summed E-state index contributed by atoms with van der Waals surface area (Å²) in [7, 11) is 0. The molecule has 1 amide bonds. The second-order valence-electron chi connectivity index (χ2n) is 5.58. The van der Waals surface area contributed by atoms with Gasteiger partial charge >= 0.3 is 0 Å². The highest BCUT2D eigenvalue weighted by atomic mass is 127. The fraction of sp³-hybridized carbons (Fsp3) is 0.167. The van der Waals surface area contributed by atoms with Gasteiger partial charge in [0.25, 0.3) is 5.91 Å². The molecule has 0 atom stereocenters. The van der Waals surface area contributed by atoms with E-state index in [1.807, 2.05) is 33.4 Å². The van der Waals surface area contributed by atoms with E-state index in [4.69, 9.17) is 0 Å². The minimum atomic E-state index is -0.382. The lowest BCUT2D eigenvalue weighted by molar-refractivity contribution is 0.0953. The van der Waals surface area contributed by atoms with Crippen LogP contribution in [-0.4, -0.2) is 27.0 Å². The van der Waals surface area contributed by atoms with Crippen LogP contribution in [0.5, 0.6) is 0 Å². The molecule has 1 aromatic carbocycles. The first kappa shape index (κ1) is 18.3. The lowest BCUT2D eigenvalue weighted by atomic mass is 10.2. The van der Waals surface area contributed by atoms with Crippen LogP contribution in [0.2, 0.25) is 0 Å². The summed E-state index contributed by atoms with van der Waals surface area (Å²) < 4.78 is 16.8. The Morgan fingerprint density at radius 2 is 2.08 bits per heavy atom. The molecule has 3 aromatic rings. The molecule has 0 saturated carbocycles. The summed E-state index contributed by atoms with van der Waals surface area (Å²) in [5, 5.41) is 5.82. The lowest BCUT2D eigenvalue weighted by Crippen LogP contribution is -2.26. The van der Waals surface area contributed by atoms with Gasteiger partial charge in [-0.1, -0.05) is 0 Å². The maximum atomic E-state index is 14.1. The van der Waals surface area contributed by atoms with Gasteiger partial charge in [0.2, 0.25) is 0 Å².